The minimum atomic E-state index is -0.458. The number of urea groups is 1. The summed E-state index contributed by atoms with van der Waals surface area (Å²) in [5.74, 6) is 0. The zero-order valence-electron chi connectivity index (χ0n) is 12.2. The Bertz CT molecular complexity index is 779. The number of nitro benzene ring substituents is 1. The van der Waals surface area contributed by atoms with Crippen LogP contribution in [0.4, 0.5) is 16.2 Å². The smallest absolute Gasteiger partial charge is 0.322 e. The molecule has 118 valence electrons. The van der Waals surface area contributed by atoms with Crippen LogP contribution in [0.3, 0.4) is 0 Å². The highest BCUT2D eigenvalue weighted by molar-refractivity contribution is 6.30. The maximum Gasteiger partial charge on any atom is 0.322 e. The van der Waals surface area contributed by atoms with Gasteiger partial charge in [-0.2, -0.15) is 0 Å². The number of amides is 2. The van der Waals surface area contributed by atoms with E-state index in [1.807, 2.05) is 12.1 Å². The molecule has 1 heterocycles. The van der Waals surface area contributed by atoms with Crippen molar-refractivity contribution in [2.24, 2.45) is 0 Å². The Labute approximate surface area is 137 Å². The number of hydrogen-bond donors (Lipinski definition) is 1. The molecule has 0 atom stereocenters. The monoisotopic (exact) mass is 331 g/mol. The summed E-state index contributed by atoms with van der Waals surface area (Å²) in [6.45, 7) is 0.859. The van der Waals surface area contributed by atoms with Gasteiger partial charge in [-0.25, -0.2) is 4.79 Å². The number of hydrogen-bond acceptors (Lipinski definition) is 3. The van der Waals surface area contributed by atoms with Crippen LogP contribution in [-0.4, -0.2) is 17.5 Å². The SMILES string of the molecule is O=C(NCc1cccc(Cl)c1)N1CCc2ccc([N+](=O)[O-])cc21. The van der Waals surface area contributed by atoms with Crippen molar-refractivity contribution in [2.45, 2.75) is 13.0 Å². The third-order valence-electron chi connectivity index (χ3n) is 3.75. The van der Waals surface area contributed by atoms with Crippen LogP contribution < -0.4 is 10.2 Å². The number of non-ortho nitro benzene ring substituents is 1. The molecule has 1 N–H and O–H groups in total. The fourth-order valence-electron chi connectivity index (χ4n) is 2.61. The molecule has 1 aliphatic heterocycles. The Hall–Kier alpha value is -2.60. The third-order valence-corrected chi connectivity index (χ3v) is 3.99. The lowest BCUT2D eigenvalue weighted by Crippen LogP contribution is -2.38. The number of rotatable bonds is 3. The van der Waals surface area contributed by atoms with E-state index >= 15 is 0 Å². The van der Waals surface area contributed by atoms with E-state index in [-0.39, 0.29) is 11.7 Å². The Balaban J connectivity index is 1.72. The summed E-state index contributed by atoms with van der Waals surface area (Å²) in [6, 6.07) is 11.6. The Morgan fingerprint density at radius 2 is 2.13 bits per heavy atom. The van der Waals surface area contributed by atoms with Crippen LogP contribution in [0.2, 0.25) is 5.02 Å². The van der Waals surface area contributed by atoms with Crippen LogP contribution >= 0.6 is 11.6 Å². The van der Waals surface area contributed by atoms with Gasteiger partial charge < -0.3 is 5.32 Å². The number of carbonyl (C=O) groups excluding carboxylic acids is 1. The predicted molar refractivity (Wildman–Crippen MR) is 87.8 cm³/mol. The van der Waals surface area contributed by atoms with Gasteiger partial charge in [-0.15, -0.1) is 0 Å². The van der Waals surface area contributed by atoms with Crippen LogP contribution in [0.5, 0.6) is 0 Å². The van der Waals surface area contributed by atoms with E-state index in [1.165, 1.54) is 17.0 Å². The van der Waals surface area contributed by atoms with Gasteiger partial charge in [0.15, 0.2) is 0 Å². The second-order valence-electron chi connectivity index (χ2n) is 5.26. The van der Waals surface area contributed by atoms with Crippen LogP contribution in [0, 0.1) is 10.1 Å². The highest BCUT2D eigenvalue weighted by Gasteiger charge is 2.26. The van der Waals surface area contributed by atoms with Gasteiger partial charge >= 0.3 is 6.03 Å². The van der Waals surface area contributed by atoms with Crippen LogP contribution in [0.1, 0.15) is 11.1 Å². The number of anilines is 1. The Morgan fingerprint density at radius 1 is 1.30 bits per heavy atom. The molecule has 0 saturated heterocycles. The quantitative estimate of drug-likeness (QED) is 0.690. The van der Waals surface area contributed by atoms with Crippen molar-refractivity contribution in [3.05, 3.63) is 68.7 Å². The van der Waals surface area contributed by atoms with Crippen LogP contribution in [0.25, 0.3) is 0 Å². The molecule has 0 unspecified atom stereocenters. The van der Waals surface area contributed by atoms with E-state index in [9.17, 15) is 14.9 Å². The summed E-state index contributed by atoms with van der Waals surface area (Å²) < 4.78 is 0. The number of halogens is 1. The van der Waals surface area contributed by atoms with E-state index in [0.29, 0.717) is 30.2 Å². The molecule has 0 saturated carbocycles. The van der Waals surface area contributed by atoms with Crippen molar-refractivity contribution in [1.29, 1.82) is 0 Å². The standard InChI is InChI=1S/C16H14ClN3O3/c17-13-3-1-2-11(8-13)10-18-16(21)19-7-6-12-4-5-14(20(22)23)9-15(12)19/h1-5,8-9H,6-7,10H2,(H,18,21). The van der Waals surface area contributed by atoms with Gasteiger partial charge in [-0.1, -0.05) is 29.8 Å². The molecule has 1 aliphatic rings. The Kier molecular flexibility index (Phi) is 4.16. The molecule has 0 spiro atoms. The lowest BCUT2D eigenvalue weighted by molar-refractivity contribution is -0.384. The van der Waals surface area contributed by atoms with Gasteiger partial charge in [0, 0.05) is 30.2 Å². The second kappa shape index (κ2) is 6.26. The number of fused-ring (bicyclic) bond motifs is 1. The van der Waals surface area contributed by atoms with Crippen molar-refractivity contribution in [3.63, 3.8) is 0 Å². The van der Waals surface area contributed by atoms with Crippen LogP contribution in [0.15, 0.2) is 42.5 Å². The van der Waals surface area contributed by atoms with Crippen molar-refractivity contribution >= 4 is 29.0 Å². The largest absolute Gasteiger partial charge is 0.334 e. The normalized spacial score (nSPS) is 12.8. The Morgan fingerprint density at radius 3 is 2.87 bits per heavy atom. The molecule has 23 heavy (non-hydrogen) atoms. The summed E-state index contributed by atoms with van der Waals surface area (Å²) in [4.78, 5) is 24.3. The molecule has 2 aromatic carbocycles. The van der Waals surface area contributed by atoms with E-state index in [0.717, 1.165) is 11.1 Å². The molecular weight excluding hydrogens is 318 g/mol. The van der Waals surface area contributed by atoms with E-state index in [1.54, 1.807) is 18.2 Å². The van der Waals surface area contributed by atoms with E-state index < -0.39 is 4.92 Å². The lowest BCUT2D eigenvalue weighted by Gasteiger charge is -2.18. The zero-order valence-corrected chi connectivity index (χ0v) is 12.9. The molecule has 3 rings (SSSR count). The molecular formula is C16H14ClN3O3. The zero-order chi connectivity index (χ0) is 16.4. The first-order valence-electron chi connectivity index (χ1n) is 7.12. The number of nitro groups is 1. The topological polar surface area (TPSA) is 75.5 Å². The first-order chi connectivity index (χ1) is 11.0. The van der Waals surface area contributed by atoms with E-state index in [2.05, 4.69) is 5.32 Å². The minimum absolute atomic E-state index is 0.0155. The third kappa shape index (κ3) is 3.27. The lowest BCUT2D eigenvalue weighted by atomic mass is 10.1. The summed E-state index contributed by atoms with van der Waals surface area (Å²) in [5.41, 5.74) is 2.42. The molecule has 2 amide bonds. The highest BCUT2D eigenvalue weighted by Crippen LogP contribution is 2.31. The van der Waals surface area contributed by atoms with Crippen molar-refractivity contribution in [1.82, 2.24) is 5.32 Å². The van der Waals surface area contributed by atoms with Crippen molar-refractivity contribution in [2.75, 3.05) is 11.4 Å². The summed E-state index contributed by atoms with van der Waals surface area (Å²) in [7, 11) is 0. The number of nitrogens with one attached hydrogen (secondary N) is 1. The summed E-state index contributed by atoms with van der Waals surface area (Å²) in [5, 5.41) is 14.3. The molecule has 0 aromatic heterocycles. The first kappa shape index (κ1) is 15.3. The average Bonchev–Trinajstić information content (AvgIpc) is 2.95. The predicted octanol–water partition coefficient (Wildman–Crippen LogP) is 3.52. The maximum atomic E-state index is 12.4. The van der Waals surface area contributed by atoms with Crippen molar-refractivity contribution in [3.8, 4) is 0 Å². The van der Waals surface area contributed by atoms with Crippen LogP contribution in [-0.2, 0) is 13.0 Å². The number of carbonyl (C=O) groups is 1. The molecule has 0 aliphatic carbocycles. The summed E-state index contributed by atoms with van der Waals surface area (Å²) >= 11 is 5.91. The molecule has 6 nitrogen and oxygen atoms in total. The molecule has 0 radical (unpaired) electrons. The van der Waals surface area contributed by atoms with Gasteiger partial charge in [0.1, 0.15) is 0 Å². The fraction of sp³-hybridized carbons (Fsp3) is 0.188. The second-order valence-corrected chi connectivity index (χ2v) is 5.70. The molecule has 7 heteroatoms. The first-order valence-corrected chi connectivity index (χ1v) is 7.49. The van der Waals surface area contributed by atoms with Gasteiger partial charge in [0.25, 0.3) is 5.69 Å². The van der Waals surface area contributed by atoms with Gasteiger partial charge in [-0.3, -0.25) is 15.0 Å². The number of nitrogens with zero attached hydrogens (tertiary/aromatic N) is 2. The summed E-state index contributed by atoms with van der Waals surface area (Å²) in [6.07, 6.45) is 0.692. The van der Waals surface area contributed by atoms with E-state index in [4.69, 9.17) is 11.6 Å². The minimum Gasteiger partial charge on any atom is -0.334 e. The maximum absolute atomic E-state index is 12.4. The highest BCUT2D eigenvalue weighted by atomic mass is 35.5. The van der Waals surface area contributed by atoms with Crippen molar-refractivity contribution < 1.29 is 9.72 Å². The fourth-order valence-corrected chi connectivity index (χ4v) is 2.83. The average molecular weight is 332 g/mol. The van der Waals surface area contributed by atoms with Gasteiger partial charge in [0.2, 0.25) is 0 Å². The molecule has 0 bridgehead atoms. The number of benzene rings is 2. The van der Waals surface area contributed by atoms with Gasteiger partial charge in [-0.05, 0) is 29.7 Å². The van der Waals surface area contributed by atoms with Gasteiger partial charge in [0.05, 0.1) is 10.6 Å². The molecule has 0 fully saturated rings. The molecule has 2 aromatic rings.